The van der Waals surface area contributed by atoms with Gasteiger partial charge in [0.15, 0.2) is 0 Å². The molecule has 0 bridgehead atoms. The molecule has 0 aliphatic heterocycles. The van der Waals surface area contributed by atoms with Crippen LogP contribution in [0.4, 0.5) is 0 Å². The van der Waals surface area contributed by atoms with Gasteiger partial charge in [0.1, 0.15) is 0 Å². The van der Waals surface area contributed by atoms with Crippen molar-refractivity contribution in [3.63, 3.8) is 0 Å². The highest BCUT2D eigenvalue weighted by molar-refractivity contribution is 4.72. The molecule has 0 aromatic rings. The molecule has 3 atom stereocenters. The van der Waals surface area contributed by atoms with Crippen LogP contribution in [0.2, 0.25) is 0 Å². The van der Waals surface area contributed by atoms with Crippen LogP contribution in [0.1, 0.15) is 40.0 Å². The van der Waals surface area contributed by atoms with Crippen LogP contribution >= 0.6 is 0 Å². The maximum Gasteiger partial charge on any atom is -0.0414 e. The third kappa shape index (κ3) is 1.70. The Morgan fingerprint density at radius 1 is 0.889 bits per heavy atom. The first-order chi connectivity index (χ1) is 4.20. The van der Waals surface area contributed by atoms with E-state index in [-0.39, 0.29) is 0 Å². The molecule has 0 nitrogen and oxygen atoms in total. The second kappa shape index (κ2) is 2.72. The molecule has 0 heterocycles. The molecule has 0 saturated heterocycles. The van der Waals surface area contributed by atoms with E-state index in [2.05, 4.69) is 20.8 Å². The lowest BCUT2D eigenvalue weighted by molar-refractivity contribution is 0.220. The molecule has 0 aromatic carbocycles. The third-order valence-electron chi connectivity index (χ3n) is 2.86. The van der Waals surface area contributed by atoms with Gasteiger partial charge in [0, 0.05) is 0 Å². The average Bonchev–Trinajstić information content (AvgIpc) is 1.80. The van der Waals surface area contributed by atoms with Gasteiger partial charge in [0.25, 0.3) is 0 Å². The zero-order chi connectivity index (χ0) is 6.85. The normalized spacial score (nSPS) is 45.0. The van der Waals surface area contributed by atoms with Crippen molar-refractivity contribution < 1.29 is 0 Å². The van der Waals surface area contributed by atoms with Crippen LogP contribution in [0, 0.1) is 17.8 Å². The Morgan fingerprint density at radius 3 is 2.00 bits per heavy atom. The summed E-state index contributed by atoms with van der Waals surface area (Å²) in [6.07, 6.45) is 4.38. The van der Waals surface area contributed by atoms with Gasteiger partial charge in [-0.2, -0.15) is 0 Å². The van der Waals surface area contributed by atoms with Crippen molar-refractivity contribution in [1.82, 2.24) is 0 Å². The van der Waals surface area contributed by atoms with Gasteiger partial charge >= 0.3 is 0 Å². The van der Waals surface area contributed by atoms with Crippen molar-refractivity contribution in [1.29, 1.82) is 0 Å². The molecule has 0 spiro atoms. The summed E-state index contributed by atoms with van der Waals surface area (Å²) >= 11 is 0. The Bertz CT molecular complexity index is 86.0. The minimum absolute atomic E-state index is 0.980. The van der Waals surface area contributed by atoms with Gasteiger partial charge in [-0.3, -0.25) is 0 Å². The fourth-order valence-corrected chi connectivity index (χ4v) is 1.82. The molecule has 9 heavy (non-hydrogen) atoms. The molecule has 1 saturated carbocycles. The predicted octanol–water partition coefficient (Wildman–Crippen LogP) is 3.08. The van der Waals surface area contributed by atoms with E-state index in [1.165, 1.54) is 19.3 Å². The van der Waals surface area contributed by atoms with Gasteiger partial charge in [-0.25, -0.2) is 0 Å². The minimum atomic E-state index is 0.980. The summed E-state index contributed by atoms with van der Waals surface area (Å²) < 4.78 is 0. The standard InChI is InChI=1S/C9H18/c1-7-4-5-8(2)9(3)6-7/h7-9H,4-6H2,1-3H3. The molecule has 0 N–H and O–H groups in total. The average molecular weight is 126 g/mol. The summed E-state index contributed by atoms with van der Waals surface area (Å²) in [5.41, 5.74) is 0. The van der Waals surface area contributed by atoms with E-state index in [0.717, 1.165) is 17.8 Å². The summed E-state index contributed by atoms with van der Waals surface area (Å²) in [4.78, 5) is 0. The molecule has 1 fully saturated rings. The first kappa shape index (κ1) is 7.11. The molecule has 1 rings (SSSR count). The van der Waals surface area contributed by atoms with Gasteiger partial charge in [-0.15, -0.1) is 0 Å². The van der Waals surface area contributed by atoms with Gasteiger partial charge in [0.05, 0.1) is 0 Å². The topological polar surface area (TPSA) is 0 Å². The monoisotopic (exact) mass is 126 g/mol. The smallest absolute Gasteiger partial charge is 0.0414 e. The summed E-state index contributed by atoms with van der Waals surface area (Å²) in [7, 11) is 0. The summed E-state index contributed by atoms with van der Waals surface area (Å²) in [6.45, 7) is 7.15. The fraction of sp³-hybridized carbons (Fsp3) is 1.00. The van der Waals surface area contributed by atoms with Gasteiger partial charge < -0.3 is 0 Å². The number of hydrogen-bond donors (Lipinski definition) is 0. The Kier molecular flexibility index (Phi) is 2.15. The lowest BCUT2D eigenvalue weighted by Gasteiger charge is -2.29. The van der Waals surface area contributed by atoms with E-state index in [4.69, 9.17) is 0 Å². The first-order valence-corrected chi connectivity index (χ1v) is 4.20. The van der Waals surface area contributed by atoms with Crippen molar-refractivity contribution in [2.24, 2.45) is 17.8 Å². The minimum Gasteiger partial charge on any atom is -0.0625 e. The molecular formula is C9H18. The Balaban J connectivity index is 2.35. The fourth-order valence-electron chi connectivity index (χ4n) is 1.82. The molecule has 1 aliphatic carbocycles. The first-order valence-electron chi connectivity index (χ1n) is 4.20. The third-order valence-corrected chi connectivity index (χ3v) is 2.86. The lowest BCUT2D eigenvalue weighted by atomic mass is 9.77. The molecular weight excluding hydrogens is 108 g/mol. The van der Waals surface area contributed by atoms with Gasteiger partial charge in [0.2, 0.25) is 0 Å². The summed E-state index contributed by atoms with van der Waals surface area (Å²) in [6, 6.07) is 0. The van der Waals surface area contributed by atoms with Gasteiger partial charge in [-0.1, -0.05) is 33.6 Å². The zero-order valence-electron chi connectivity index (χ0n) is 6.85. The van der Waals surface area contributed by atoms with Crippen molar-refractivity contribution in [3.05, 3.63) is 0 Å². The quantitative estimate of drug-likeness (QED) is 0.468. The highest BCUT2D eigenvalue weighted by atomic mass is 14.3. The van der Waals surface area contributed by atoms with Crippen molar-refractivity contribution in [2.75, 3.05) is 0 Å². The Morgan fingerprint density at radius 2 is 1.56 bits per heavy atom. The number of hydrogen-bond acceptors (Lipinski definition) is 0. The highest BCUT2D eigenvalue weighted by Gasteiger charge is 2.20. The summed E-state index contributed by atoms with van der Waals surface area (Å²) in [5.74, 6) is 2.96. The van der Waals surface area contributed by atoms with Crippen LogP contribution in [-0.4, -0.2) is 0 Å². The zero-order valence-corrected chi connectivity index (χ0v) is 6.85. The molecule has 3 unspecified atom stereocenters. The van der Waals surface area contributed by atoms with E-state index >= 15 is 0 Å². The van der Waals surface area contributed by atoms with E-state index in [1.54, 1.807) is 0 Å². The van der Waals surface area contributed by atoms with Crippen LogP contribution in [-0.2, 0) is 0 Å². The molecule has 54 valence electrons. The predicted molar refractivity (Wildman–Crippen MR) is 41.3 cm³/mol. The number of rotatable bonds is 0. The van der Waals surface area contributed by atoms with E-state index in [1.807, 2.05) is 0 Å². The molecule has 0 radical (unpaired) electrons. The van der Waals surface area contributed by atoms with Crippen LogP contribution in [0.25, 0.3) is 0 Å². The maximum atomic E-state index is 2.39. The molecule has 0 heteroatoms. The highest BCUT2D eigenvalue weighted by Crippen LogP contribution is 2.32. The lowest BCUT2D eigenvalue weighted by Crippen LogP contribution is -2.18. The largest absolute Gasteiger partial charge is 0.0625 e. The molecule has 0 aromatic heterocycles. The van der Waals surface area contributed by atoms with Crippen LogP contribution in [0.3, 0.4) is 0 Å². The maximum absolute atomic E-state index is 2.39. The van der Waals surface area contributed by atoms with Crippen LogP contribution in [0.15, 0.2) is 0 Å². The SMILES string of the molecule is CC1CCC(C)C(C)C1. The van der Waals surface area contributed by atoms with Gasteiger partial charge in [-0.05, 0) is 24.2 Å². The molecule has 0 amide bonds. The van der Waals surface area contributed by atoms with Crippen LogP contribution < -0.4 is 0 Å². The van der Waals surface area contributed by atoms with Crippen molar-refractivity contribution in [2.45, 2.75) is 40.0 Å². The van der Waals surface area contributed by atoms with Crippen molar-refractivity contribution >= 4 is 0 Å². The second-order valence-corrected chi connectivity index (χ2v) is 3.87. The Labute approximate surface area is 58.7 Å². The molecule has 1 aliphatic rings. The Hall–Kier alpha value is 0. The van der Waals surface area contributed by atoms with Crippen molar-refractivity contribution in [3.8, 4) is 0 Å². The van der Waals surface area contributed by atoms with E-state index in [0.29, 0.717) is 0 Å². The van der Waals surface area contributed by atoms with E-state index < -0.39 is 0 Å². The van der Waals surface area contributed by atoms with Crippen LogP contribution in [0.5, 0.6) is 0 Å². The second-order valence-electron chi connectivity index (χ2n) is 3.87. The summed E-state index contributed by atoms with van der Waals surface area (Å²) in [5, 5.41) is 0. The van der Waals surface area contributed by atoms with E-state index in [9.17, 15) is 0 Å².